The van der Waals surface area contributed by atoms with Crippen LogP contribution in [-0.2, 0) is 57.6 Å². The monoisotopic (exact) mass is 1420 g/mol. The number of nitrogens with two attached hydrogens (primary N) is 1. The van der Waals surface area contributed by atoms with Crippen LogP contribution in [0.5, 0.6) is 0 Å². The number of nitrogens with zero attached hydrogens (tertiary/aromatic N) is 7. The number of para-hydroxylation sites is 1. The first-order valence-electron chi connectivity index (χ1n) is 34.3. The molecule has 4 atom stereocenters. The maximum absolute atomic E-state index is 13.9. The number of carbonyl (C=O) groups excluding carboxylic acids is 8. The molecule has 5 heterocycles. The number of rotatable bonds is 29. The summed E-state index contributed by atoms with van der Waals surface area (Å²) in [6.45, 7) is 11.7. The van der Waals surface area contributed by atoms with Gasteiger partial charge < -0.3 is 26.8 Å². The molecular formula is C73H86N13O13PS. The number of pyridine rings is 1. The standard InChI is InChI=1S/C73H86N13O13PS/c1-45(2)61(81-58(87)17-7-6-10-29-85-59(88)26-27-60(85)89)64(91)79-55(15-11-28-75-66(74)94)63(90)77-50-22-18-47(19-23-50)37-98-69(96)83(32-34-100-97)31-33-99-73-41-70(4)38-71(5,42-73)40-72(39-70,43-73)44-86-46(3)52(36-76-86)51-24-25-53(78-62(51)65(92)93)49-21-20-48-13-12-30-84(56(48)35-49)68(95)82-67-80-54-14-8-9-16-57(54)101-67/h8-9,14,16,18-27,35-36,45,55,61H,6-7,10-13,15,17,28-33,37-44H2,1-5H3,(H,77,90)(H,79,91)(H,81,87)(H,92,93)(H3,74,75,94)(H,80,82,95)/t55-,61-,70?,71?,72?,73?/m0/s1. The van der Waals surface area contributed by atoms with E-state index in [1.165, 1.54) is 28.4 Å². The van der Waals surface area contributed by atoms with E-state index in [2.05, 4.69) is 51.0 Å². The number of hydrogen-bond donors (Lipinski definition) is 7. The molecule has 3 aromatic heterocycles. The Balaban J connectivity index is 0.691. The fourth-order valence-electron chi connectivity index (χ4n) is 16.5. The van der Waals surface area contributed by atoms with Crippen LogP contribution >= 0.6 is 19.3 Å². The second-order valence-corrected chi connectivity index (χ2v) is 30.1. The average Bonchev–Trinajstić information content (AvgIpc) is 0.706. The summed E-state index contributed by atoms with van der Waals surface area (Å²) in [6.07, 6.45) is 12.4. The average molecular weight is 1420 g/mol. The predicted octanol–water partition coefficient (Wildman–Crippen LogP) is 10.7. The van der Waals surface area contributed by atoms with E-state index in [0.717, 1.165) is 83.4 Å². The minimum atomic E-state index is -1.18. The van der Waals surface area contributed by atoms with Gasteiger partial charge in [-0.05, 0) is 87.3 Å². The van der Waals surface area contributed by atoms with E-state index in [1.807, 2.05) is 60.1 Å². The van der Waals surface area contributed by atoms with Crippen LogP contribution < -0.4 is 37.2 Å². The number of carbonyl (C=O) groups is 9. The molecule has 0 saturated heterocycles. The van der Waals surface area contributed by atoms with Crippen molar-refractivity contribution < 1.29 is 62.3 Å². The first-order valence-corrected chi connectivity index (χ1v) is 36.0. The molecule has 0 spiro atoms. The third-order valence-electron chi connectivity index (χ3n) is 19.9. The van der Waals surface area contributed by atoms with Crippen molar-refractivity contribution in [3.05, 3.63) is 120 Å². The number of fused-ring (bicyclic) bond motifs is 2. The Morgan fingerprint density at radius 2 is 1.59 bits per heavy atom. The van der Waals surface area contributed by atoms with Gasteiger partial charge in [-0.15, -0.1) is 0 Å². The van der Waals surface area contributed by atoms with Gasteiger partial charge >= 0.3 is 231 Å². The number of unbranched alkanes of at least 4 members (excludes halogenated alkanes) is 2. The Morgan fingerprint density at radius 3 is 2.31 bits per heavy atom. The fraction of sp³-hybridized carbons (Fsp3) is 0.466. The Labute approximate surface area is 590 Å². The number of carboxylic acid groups (broad SMARTS) is 1. The summed E-state index contributed by atoms with van der Waals surface area (Å²) in [5.74, 6) is -3.81. The van der Waals surface area contributed by atoms with Crippen LogP contribution in [-0.4, -0.2) is 145 Å². The molecule has 8 N–H and O–H groups in total. The van der Waals surface area contributed by atoms with Crippen LogP contribution in [0.4, 0.5) is 30.9 Å². The van der Waals surface area contributed by atoms with Gasteiger partial charge in [-0.25, -0.2) is 24.4 Å². The van der Waals surface area contributed by atoms with Crippen LogP contribution in [0.25, 0.3) is 32.6 Å². The summed E-state index contributed by atoms with van der Waals surface area (Å²) in [4.78, 5) is 130. The van der Waals surface area contributed by atoms with Gasteiger partial charge in [0.25, 0.3) is 11.8 Å². The molecule has 4 fully saturated rings. The molecule has 6 aromatic rings. The third-order valence-corrected chi connectivity index (χ3v) is 21.1. The van der Waals surface area contributed by atoms with Gasteiger partial charge in [0, 0.05) is 60.6 Å². The summed E-state index contributed by atoms with van der Waals surface area (Å²) in [6, 6.07) is 20.6. The maximum atomic E-state index is 13.9. The van der Waals surface area contributed by atoms with Gasteiger partial charge in [0.2, 0.25) is 11.8 Å². The van der Waals surface area contributed by atoms with E-state index in [1.54, 1.807) is 55.3 Å². The van der Waals surface area contributed by atoms with Crippen LogP contribution in [0.2, 0.25) is 0 Å². The molecule has 532 valence electrons. The molecule has 28 heteroatoms. The molecule has 0 radical (unpaired) electrons. The Morgan fingerprint density at radius 1 is 0.842 bits per heavy atom. The number of thiazole rings is 1. The number of carboxylic acids is 1. The molecule has 4 aliphatic carbocycles. The summed E-state index contributed by atoms with van der Waals surface area (Å²) in [5, 5.41) is 30.0. The summed E-state index contributed by atoms with van der Waals surface area (Å²) in [7, 11) is -0.386. The molecule has 3 aromatic carbocycles. The first kappa shape index (κ1) is 72.7. The van der Waals surface area contributed by atoms with Gasteiger partial charge in [-0.3, -0.25) is 39.1 Å². The van der Waals surface area contributed by atoms with Crippen LogP contribution in [0.1, 0.15) is 138 Å². The number of benzene rings is 3. The number of imide groups is 1. The van der Waals surface area contributed by atoms with Gasteiger partial charge in [0.15, 0.2) is 10.8 Å². The van der Waals surface area contributed by atoms with Crippen molar-refractivity contribution in [3.63, 3.8) is 0 Å². The van der Waals surface area contributed by atoms with Crippen molar-refractivity contribution in [2.75, 3.05) is 54.9 Å². The van der Waals surface area contributed by atoms with Gasteiger partial charge in [-0.1, -0.05) is 55.9 Å². The van der Waals surface area contributed by atoms with Crippen molar-refractivity contribution in [1.29, 1.82) is 0 Å². The third kappa shape index (κ3) is 17.4. The summed E-state index contributed by atoms with van der Waals surface area (Å²) >= 11 is 1.41. The van der Waals surface area contributed by atoms with Crippen molar-refractivity contribution in [3.8, 4) is 28.0 Å². The molecular weight excluding hydrogens is 1330 g/mol. The second kappa shape index (κ2) is 31.1. The van der Waals surface area contributed by atoms with E-state index in [0.29, 0.717) is 71.1 Å². The normalized spacial score (nSPS) is 20.8. The Hall–Kier alpha value is -9.55. The number of aromatic carboxylic acids is 1. The van der Waals surface area contributed by atoms with Crippen LogP contribution in [0, 0.1) is 34.7 Å². The number of nitrogens with one attached hydrogen (secondary N) is 5. The van der Waals surface area contributed by atoms with Gasteiger partial charge in [0.1, 0.15) is 12.1 Å². The van der Waals surface area contributed by atoms with E-state index in [4.69, 9.17) is 25.3 Å². The van der Waals surface area contributed by atoms with Gasteiger partial charge in [0.05, 0.1) is 22.1 Å². The second-order valence-electron chi connectivity index (χ2n) is 28.6. The SMILES string of the molecule is Cc1c(-c2ccc(-c3ccc4c(c3)N(C(=O)Nc3nc5ccccc5s3)CCC4)nc2C(=O)O)cnn1CC12CC3(C)CC(C)(C1)CC(OCCN(CC#P=O)C(=O)OCc1ccc(NC(=O)[C@H](CCCNC(N)=O)NC(=O)[C@@H](NC(=O)CCCCCN4C(=O)C=CC4=O)C(C)C)cc1)(C3)C2. The van der Waals surface area contributed by atoms with Crippen molar-refractivity contribution in [2.45, 2.75) is 155 Å². The van der Waals surface area contributed by atoms with Crippen LogP contribution in [0.15, 0.2) is 97.2 Å². The van der Waals surface area contributed by atoms with E-state index in [-0.39, 0.29) is 118 Å². The number of anilines is 3. The Kier molecular flexibility index (Phi) is 22.4. The predicted molar refractivity (Wildman–Crippen MR) is 380 cm³/mol. The number of aromatic nitrogens is 4. The number of primary amides is 1. The number of urea groups is 2. The fourth-order valence-corrected chi connectivity index (χ4v) is 17.5. The van der Waals surface area contributed by atoms with E-state index >= 15 is 0 Å². The van der Waals surface area contributed by atoms with Crippen molar-refractivity contribution in [2.24, 2.45) is 27.9 Å². The number of ether oxygens (including phenoxy) is 2. The molecule has 12 rings (SSSR count). The number of hydrogen-bond acceptors (Lipinski definition) is 16. The molecule has 2 aliphatic heterocycles. The quantitative estimate of drug-likeness (QED) is 0.0130. The number of aryl methyl sites for hydroxylation is 1. The summed E-state index contributed by atoms with van der Waals surface area (Å²) < 4.78 is 27.5. The topological polar surface area (TPSA) is 349 Å². The zero-order valence-electron chi connectivity index (χ0n) is 57.4. The summed E-state index contributed by atoms with van der Waals surface area (Å²) in [5.41, 5.74) is 13.5. The first-order chi connectivity index (χ1) is 48.3. The molecule has 26 nitrogen and oxygen atoms in total. The van der Waals surface area contributed by atoms with Gasteiger partial charge in [-0.2, -0.15) is 0 Å². The molecule has 6 aliphatic rings. The molecule has 4 saturated carbocycles. The molecule has 101 heavy (non-hydrogen) atoms. The minimum absolute atomic E-state index is 0.0529. The van der Waals surface area contributed by atoms with E-state index < -0.39 is 47.6 Å². The number of amides is 10. The zero-order chi connectivity index (χ0) is 71.8. The van der Waals surface area contributed by atoms with Crippen LogP contribution in [0.3, 0.4) is 0 Å². The van der Waals surface area contributed by atoms with E-state index in [9.17, 15) is 52.8 Å². The van der Waals surface area contributed by atoms with Crippen molar-refractivity contribution >= 4 is 99.6 Å². The molecule has 10 amide bonds. The molecule has 4 bridgehead atoms. The Bertz CT molecular complexity index is 4270. The molecule has 2 unspecified atom stereocenters. The van der Waals surface area contributed by atoms with Crippen molar-refractivity contribution in [1.82, 2.24) is 45.5 Å². The zero-order valence-corrected chi connectivity index (χ0v) is 59.1.